The second-order valence-electron chi connectivity index (χ2n) is 5.84. The highest BCUT2D eigenvalue weighted by Gasteiger charge is 2.67. The molecule has 0 saturated heterocycles. The van der Waals surface area contributed by atoms with E-state index in [1.807, 2.05) is 11.8 Å². The third-order valence-electron chi connectivity index (χ3n) is 5.21. The Morgan fingerprint density at radius 1 is 1.35 bits per heavy atom. The monoisotopic (exact) mass is 232 g/mol. The molecule has 0 radical (unpaired) electrons. The molecule has 3 aliphatic rings. The van der Waals surface area contributed by atoms with Crippen LogP contribution in [-0.4, -0.2) is 23.9 Å². The minimum Gasteiger partial charge on any atom is -0.342 e. The Balaban J connectivity index is 1.62. The zero-order valence-electron chi connectivity index (χ0n) is 10.4. The van der Waals surface area contributed by atoms with Gasteiger partial charge in [0.2, 0.25) is 5.91 Å². The van der Waals surface area contributed by atoms with Gasteiger partial charge in [-0.05, 0) is 49.9 Å². The summed E-state index contributed by atoms with van der Waals surface area (Å²) in [4.78, 5) is 14.3. The molecule has 0 aromatic heterocycles. The number of amides is 1. The van der Waals surface area contributed by atoms with Gasteiger partial charge >= 0.3 is 0 Å². The lowest BCUT2D eigenvalue weighted by Crippen LogP contribution is -2.34. The summed E-state index contributed by atoms with van der Waals surface area (Å²) in [7, 11) is 0. The molecule has 4 atom stereocenters. The van der Waals surface area contributed by atoms with Crippen molar-refractivity contribution in [2.24, 2.45) is 29.6 Å². The van der Waals surface area contributed by atoms with Gasteiger partial charge in [0.1, 0.15) is 0 Å². The zero-order chi connectivity index (χ0) is 12.0. The van der Waals surface area contributed by atoms with Crippen molar-refractivity contribution in [2.75, 3.05) is 13.1 Å². The second-order valence-corrected chi connectivity index (χ2v) is 5.84. The molecule has 0 aliphatic heterocycles. The van der Waals surface area contributed by atoms with E-state index in [0.717, 1.165) is 30.2 Å². The molecule has 17 heavy (non-hydrogen) atoms. The Hall–Kier alpha value is -1.04. The lowest BCUT2D eigenvalue weighted by Gasteiger charge is -2.21. The Morgan fingerprint density at radius 3 is 2.53 bits per heavy atom. The summed E-state index contributed by atoms with van der Waals surface area (Å²) < 4.78 is 0. The first-order valence-electron chi connectivity index (χ1n) is 6.93. The maximum absolute atomic E-state index is 12.4. The van der Waals surface area contributed by atoms with E-state index in [1.165, 1.54) is 19.3 Å². The van der Waals surface area contributed by atoms with Gasteiger partial charge in [0.05, 0.1) is 12.5 Å². The van der Waals surface area contributed by atoms with Crippen LogP contribution >= 0.6 is 0 Å². The first kappa shape index (κ1) is 11.1. The predicted octanol–water partition coefficient (Wildman–Crippen LogP) is 2.04. The van der Waals surface area contributed by atoms with Crippen molar-refractivity contribution in [3.8, 4) is 6.07 Å². The van der Waals surface area contributed by atoms with Crippen molar-refractivity contribution in [1.82, 2.24) is 4.90 Å². The standard InChI is InChI=1S/C14H20N2O/c1-2-16(7-3-6-15)14(17)13-11-9-4-5-10(8-9)12(11)13/h9-13H,2-5,7-8H2,1H3. The minimum atomic E-state index is 0.333. The van der Waals surface area contributed by atoms with E-state index in [0.29, 0.717) is 24.8 Å². The van der Waals surface area contributed by atoms with Crippen molar-refractivity contribution in [3.05, 3.63) is 0 Å². The molecule has 3 fully saturated rings. The SMILES string of the molecule is CCN(CCC#N)C(=O)C1C2C3CCC(C3)C12. The van der Waals surface area contributed by atoms with Gasteiger partial charge in [-0.2, -0.15) is 5.26 Å². The van der Waals surface area contributed by atoms with E-state index in [-0.39, 0.29) is 0 Å². The van der Waals surface area contributed by atoms with Gasteiger partial charge in [0, 0.05) is 19.0 Å². The van der Waals surface area contributed by atoms with Crippen molar-refractivity contribution in [3.63, 3.8) is 0 Å². The summed E-state index contributed by atoms with van der Waals surface area (Å²) in [6.07, 6.45) is 4.58. The summed E-state index contributed by atoms with van der Waals surface area (Å²) in [5, 5.41) is 8.61. The number of nitriles is 1. The molecule has 3 saturated carbocycles. The van der Waals surface area contributed by atoms with Crippen LogP contribution in [-0.2, 0) is 4.79 Å². The second kappa shape index (κ2) is 4.01. The van der Waals surface area contributed by atoms with Crippen LogP contribution in [0.5, 0.6) is 0 Å². The minimum absolute atomic E-state index is 0.333. The highest BCUT2D eigenvalue weighted by molar-refractivity contribution is 5.83. The number of hydrogen-bond donors (Lipinski definition) is 0. The Kier molecular flexibility index (Phi) is 2.61. The van der Waals surface area contributed by atoms with Crippen LogP contribution < -0.4 is 0 Å². The van der Waals surface area contributed by atoms with Crippen LogP contribution in [0.2, 0.25) is 0 Å². The summed E-state index contributed by atoms with van der Waals surface area (Å²) in [5.74, 6) is 3.83. The summed E-state index contributed by atoms with van der Waals surface area (Å²) in [5.41, 5.74) is 0. The van der Waals surface area contributed by atoms with E-state index in [9.17, 15) is 4.79 Å². The molecule has 1 amide bonds. The lowest BCUT2D eigenvalue weighted by atomic mass is 10.0. The maximum atomic E-state index is 12.4. The van der Waals surface area contributed by atoms with Gasteiger partial charge in [0.25, 0.3) is 0 Å². The molecule has 3 rings (SSSR count). The summed E-state index contributed by atoms with van der Waals surface area (Å²) in [6, 6.07) is 2.13. The number of rotatable bonds is 4. The number of nitrogens with zero attached hydrogens (tertiary/aromatic N) is 2. The van der Waals surface area contributed by atoms with Crippen LogP contribution in [0.25, 0.3) is 0 Å². The molecular formula is C14H20N2O. The molecular weight excluding hydrogens is 212 g/mol. The van der Waals surface area contributed by atoms with Crippen molar-refractivity contribution in [1.29, 1.82) is 5.26 Å². The molecule has 92 valence electrons. The average molecular weight is 232 g/mol. The predicted molar refractivity (Wildman–Crippen MR) is 63.8 cm³/mol. The number of carbonyl (C=O) groups is 1. The van der Waals surface area contributed by atoms with Gasteiger partial charge in [-0.25, -0.2) is 0 Å². The molecule has 0 N–H and O–H groups in total. The largest absolute Gasteiger partial charge is 0.342 e. The first-order chi connectivity index (χ1) is 8.27. The average Bonchev–Trinajstić information content (AvgIpc) is 2.78. The van der Waals surface area contributed by atoms with Crippen LogP contribution in [0.4, 0.5) is 0 Å². The Bertz CT molecular complexity index is 357. The molecule has 3 aliphatic carbocycles. The summed E-state index contributed by atoms with van der Waals surface area (Å²) in [6.45, 7) is 3.39. The van der Waals surface area contributed by atoms with E-state index < -0.39 is 0 Å². The topological polar surface area (TPSA) is 44.1 Å². The molecule has 0 aromatic carbocycles. The number of fused-ring (bicyclic) bond motifs is 5. The molecule has 0 aromatic rings. The van der Waals surface area contributed by atoms with Crippen LogP contribution in [0, 0.1) is 40.9 Å². The van der Waals surface area contributed by atoms with Gasteiger partial charge in [-0.1, -0.05) is 0 Å². The van der Waals surface area contributed by atoms with Crippen LogP contribution in [0.15, 0.2) is 0 Å². The van der Waals surface area contributed by atoms with Gasteiger partial charge in [-0.3, -0.25) is 4.79 Å². The fraction of sp³-hybridized carbons (Fsp3) is 0.857. The summed E-state index contributed by atoms with van der Waals surface area (Å²) >= 11 is 0. The third-order valence-corrected chi connectivity index (χ3v) is 5.21. The first-order valence-corrected chi connectivity index (χ1v) is 6.93. The maximum Gasteiger partial charge on any atom is 0.226 e. The Morgan fingerprint density at radius 2 is 2.00 bits per heavy atom. The Labute approximate surface area is 103 Å². The van der Waals surface area contributed by atoms with E-state index in [4.69, 9.17) is 5.26 Å². The zero-order valence-corrected chi connectivity index (χ0v) is 10.4. The lowest BCUT2D eigenvalue weighted by molar-refractivity contribution is -0.133. The molecule has 4 unspecified atom stereocenters. The van der Waals surface area contributed by atoms with E-state index in [1.54, 1.807) is 0 Å². The van der Waals surface area contributed by atoms with Crippen molar-refractivity contribution in [2.45, 2.75) is 32.6 Å². The molecule has 0 spiro atoms. The smallest absolute Gasteiger partial charge is 0.226 e. The van der Waals surface area contributed by atoms with Crippen molar-refractivity contribution >= 4 is 5.91 Å². The molecule has 2 bridgehead atoms. The molecule has 0 heterocycles. The molecule has 3 nitrogen and oxygen atoms in total. The fourth-order valence-corrected chi connectivity index (χ4v) is 4.48. The van der Waals surface area contributed by atoms with Gasteiger partial charge in [0.15, 0.2) is 0 Å². The number of hydrogen-bond acceptors (Lipinski definition) is 2. The third kappa shape index (κ3) is 1.57. The fourth-order valence-electron chi connectivity index (χ4n) is 4.48. The highest BCUT2D eigenvalue weighted by atomic mass is 16.2. The van der Waals surface area contributed by atoms with Crippen LogP contribution in [0.1, 0.15) is 32.6 Å². The number of carbonyl (C=O) groups excluding carboxylic acids is 1. The van der Waals surface area contributed by atoms with E-state index in [2.05, 4.69) is 6.07 Å². The van der Waals surface area contributed by atoms with E-state index >= 15 is 0 Å². The molecule has 3 heteroatoms. The normalized spacial score (nSPS) is 40.8. The highest BCUT2D eigenvalue weighted by Crippen LogP contribution is 2.69. The van der Waals surface area contributed by atoms with Gasteiger partial charge in [-0.15, -0.1) is 0 Å². The van der Waals surface area contributed by atoms with Crippen molar-refractivity contribution < 1.29 is 4.79 Å². The van der Waals surface area contributed by atoms with Crippen LogP contribution in [0.3, 0.4) is 0 Å². The van der Waals surface area contributed by atoms with Gasteiger partial charge < -0.3 is 4.90 Å². The quantitative estimate of drug-likeness (QED) is 0.744.